The van der Waals surface area contributed by atoms with Crippen LogP contribution in [0.4, 0.5) is 17.1 Å². The highest BCUT2D eigenvalue weighted by Gasteiger charge is 2.22. The molecule has 0 unspecified atom stereocenters. The summed E-state index contributed by atoms with van der Waals surface area (Å²) in [4.78, 5) is 2.38. The molecule has 0 fully saturated rings. The Morgan fingerprint density at radius 3 is 1.80 bits per heavy atom. The molecule has 2 heterocycles. The molecule has 10 rings (SSSR count). The molecule has 0 aliphatic rings. The first-order valence-corrected chi connectivity index (χ1v) is 17.4. The van der Waals surface area contributed by atoms with Crippen LogP contribution in [-0.2, 0) is 0 Å². The fourth-order valence-electron chi connectivity index (χ4n) is 7.35. The molecule has 230 valence electrons. The third-order valence-corrected chi connectivity index (χ3v) is 10.9. The van der Waals surface area contributed by atoms with Crippen LogP contribution >= 0.6 is 11.3 Å². The van der Waals surface area contributed by atoms with Crippen molar-refractivity contribution < 1.29 is 4.42 Å². The summed E-state index contributed by atoms with van der Waals surface area (Å²) in [7, 11) is 0. The van der Waals surface area contributed by atoms with Crippen LogP contribution < -0.4 is 4.90 Å². The molecule has 0 atom stereocenters. The van der Waals surface area contributed by atoms with E-state index in [9.17, 15) is 0 Å². The van der Waals surface area contributed by atoms with Crippen molar-refractivity contribution in [2.24, 2.45) is 0 Å². The summed E-state index contributed by atoms with van der Waals surface area (Å²) >= 11 is 1.84. The van der Waals surface area contributed by atoms with Crippen LogP contribution in [0, 0.1) is 0 Å². The third kappa shape index (κ3) is 4.55. The number of rotatable bonds is 5. The second-order valence-corrected chi connectivity index (χ2v) is 13.5. The quantitative estimate of drug-likeness (QED) is 0.186. The smallest absolute Gasteiger partial charge is 0.159 e. The first-order valence-electron chi connectivity index (χ1n) is 16.6. The Labute approximate surface area is 287 Å². The monoisotopic (exact) mass is 643 g/mol. The Bertz CT molecular complexity index is 2710. The first-order chi connectivity index (χ1) is 24.3. The minimum atomic E-state index is 0.881. The molecule has 0 bridgehead atoms. The lowest BCUT2D eigenvalue weighted by atomic mass is 9.91. The van der Waals surface area contributed by atoms with Crippen molar-refractivity contribution in [3.05, 3.63) is 176 Å². The van der Waals surface area contributed by atoms with E-state index in [4.69, 9.17) is 4.42 Å². The molecule has 3 heteroatoms. The SMILES string of the molecule is c1ccc(-c2cc3ccccc3cc2-c2ccc(N(c3cccc4c3oc3ccccc34)c3cccc4c3sc3ccccc34)cc2)cc1. The minimum Gasteiger partial charge on any atom is -0.454 e. The molecule has 2 aromatic heterocycles. The van der Waals surface area contributed by atoms with Gasteiger partial charge in [0.05, 0.1) is 16.1 Å². The van der Waals surface area contributed by atoms with E-state index >= 15 is 0 Å². The predicted octanol–water partition coefficient (Wildman–Crippen LogP) is 13.9. The van der Waals surface area contributed by atoms with Gasteiger partial charge in [0.2, 0.25) is 0 Å². The summed E-state index contributed by atoms with van der Waals surface area (Å²) in [6.45, 7) is 0. The molecule has 0 spiro atoms. The Kier molecular flexibility index (Phi) is 6.39. The Hall–Kier alpha value is -6.16. The van der Waals surface area contributed by atoms with E-state index in [0.717, 1.165) is 39.0 Å². The van der Waals surface area contributed by atoms with Crippen molar-refractivity contribution in [3.63, 3.8) is 0 Å². The summed E-state index contributed by atoms with van der Waals surface area (Å²) in [6, 6.07) is 63.2. The van der Waals surface area contributed by atoms with E-state index in [2.05, 4.69) is 175 Å². The zero-order valence-corrected chi connectivity index (χ0v) is 27.3. The lowest BCUT2D eigenvalue weighted by molar-refractivity contribution is 0.669. The first kappa shape index (κ1) is 27.9. The fourth-order valence-corrected chi connectivity index (χ4v) is 8.56. The van der Waals surface area contributed by atoms with Gasteiger partial charge in [-0.25, -0.2) is 0 Å². The Morgan fingerprint density at radius 1 is 0.429 bits per heavy atom. The van der Waals surface area contributed by atoms with Gasteiger partial charge in [0.25, 0.3) is 0 Å². The molecule has 49 heavy (non-hydrogen) atoms. The van der Waals surface area contributed by atoms with Gasteiger partial charge in [0.15, 0.2) is 5.58 Å². The van der Waals surface area contributed by atoms with Gasteiger partial charge in [-0.1, -0.05) is 127 Å². The van der Waals surface area contributed by atoms with E-state index in [1.54, 1.807) is 0 Å². The van der Waals surface area contributed by atoms with Crippen LogP contribution in [-0.4, -0.2) is 0 Å². The maximum Gasteiger partial charge on any atom is 0.159 e. The fraction of sp³-hybridized carbons (Fsp3) is 0. The van der Waals surface area contributed by atoms with Crippen molar-refractivity contribution in [1.82, 2.24) is 0 Å². The van der Waals surface area contributed by atoms with Gasteiger partial charge < -0.3 is 9.32 Å². The molecule has 0 N–H and O–H groups in total. The second-order valence-electron chi connectivity index (χ2n) is 12.5. The largest absolute Gasteiger partial charge is 0.454 e. The summed E-state index contributed by atoms with van der Waals surface area (Å²) in [5.41, 5.74) is 9.83. The van der Waals surface area contributed by atoms with E-state index in [-0.39, 0.29) is 0 Å². The number of para-hydroxylation sites is 2. The molecule has 0 aliphatic heterocycles. The van der Waals surface area contributed by atoms with E-state index < -0.39 is 0 Å². The van der Waals surface area contributed by atoms with E-state index in [1.807, 2.05) is 17.4 Å². The summed E-state index contributed by atoms with van der Waals surface area (Å²) < 4.78 is 9.17. The third-order valence-electron chi connectivity index (χ3n) is 9.66. The maximum atomic E-state index is 6.64. The number of nitrogens with zero attached hydrogens (tertiary/aromatic N) is 1. The van der Waals surface area contributed by atoms with Crippen LogP contribution in [0.5, 0.6) is 0 Å². The van der Waals surface area contributed by atoms with E-state index in [1.165, 1.54) is 53.2 Å². The molecular weight excluding hydrogens is 615 g/mol. The highest BCUT2D eigenvalue weighted by Crippen LogP contribution is 2.48. The highest BCUT2D eigenvalue weighted by atomic mass is 32.1. The molecule has 2 nitrogen and oxygen atoms in total. The number of anilines is 3. The lowest BCUT2D eigenvalue weighted by Crippen LogP contribution is -2.10. The number of hydrogen-bond donors (Lipinski definition) is 0. The van der Waals surface area contributed by atoms with Gasteiger partial charge in [0, 0.05) is 31.9 Å². The van der Waals surface area contributed by atoms with Crippen molar-refractivity contribution in [1.29, 1.82) is 0 Å². The molecule has 0 aliphatic carbocycles. The van der Waals surface area contributed by atoms with Crippen LogP contribution in [0.1, 0.15) is 0 Å². The second kappa shape index (κ2) is 11.2. The number of benzene rings is 8. The van der Waals surface area contributed by atoms with Gasteiger partial charge in [-0.05, 0) is 81.6 Å². The maximum absolute atomic E-state index is 6.64. The average molecular weight is 644 g/mol. The predicted molar refractivity (Wildman–Crippen MR) is 210 cm³/mol. The lowest BCUT2D eigenvalue weighted by Gasteiger charge is -2.26. The number of fused-ring (bicyclic) bond motifs is 7. The molecule has 0 saturated heterocycles. The van der Waals surface area contributed by atoms with Crippen LogP contribution in [0.25, 0.3) is 75.1 Å². The molecule has 0 radical (unpaired) electrons. The summed E-state index contributed by atoms with van der Waals surface area (Å²) in [5, 5.41) is 7.26. The van der Waals surface area contributed by atoms with Gasteiger partial charge in [-0.2, -0.15) is 0 Å². The zero-order valence-electron chi connectivity index (χ0n) is 26.5. The summed E-state index contributed by atoms with van der Waals surface area (Å²) in [5.74, 6) is 0. The normalized spacial score (nSPS) is 11.7. The zero-order chi connectivity index (χ0) is 32.3. The van der Waals surface area contributed by atoms with Crippen molar-refractivity contribution >= 4 is 81.3 Å². The topological polar surface area (TPSA) is 16.4 Å². The number of furan rings is 1. The molecule has 8 aromatic carbocycles. The van der Waals surface area contributed by atoms with Gasteiger partial charge >= 0.3 is 0 Å². The number of thiophene rings is 1. The van der Waals surface area contributed by atoms with Gasteiger partial charge in [-0.15, -0.1) is 11.3 Å². The number of hydrogen-bond acceptors (Lipinski definition) is 3. The molecule has 10 aromatic rings. The van der Waals surface area contributed by atoms with Gasteiger partial charge in [0.1, 0.15) is 5.58 Å². The summed E-state index contributed by atoms with van der Waals surface area (Å²) in [6.07, 6.45) is 0. The molecular formula is C46H29NOS. The van der Waals surface area contributed by atoms with Gasteiger partial charge in [-0.3, -0.25) is 0 Å². The van der Waals surface area contributed by atoms with Crippen molar-refractivity contribution in [2.75, 3.05) is 4.90 Å². The Balaban J connectivity index is 1.20. The highest BCUT2D eigenvalue weighted by molar-refractivity contribution is 7.26. The van der Waals surface area contributed by atoms with Crippen LogP contribution in [0.3, 0.4) is 0 Å². The van der Waals surface area contributed by atoms with Crippen LogP contribution in [0.2, 0.25) is 0 Å². The van der Waals surface area contributed by atoms with E-state index in [0.29, 0.717) is 0 Å². The standard InChI is InChI=1S/C46H29NOS/c1-2-12-30(13-3-1)39-28-32-14-4-5-15-33(32)29-40(39)31-24-26-34(27-25-31)47(41-20-10-18-37-35-16-6-8-22-43(35)48-45(37)41)42-21-11-19-38-36-17-7-9-23-44(36)49-46(38)42/h1-29H. The minimum absolute atomic E-state index is 0.881. The average Bonchev–Trinajstić information content (AvgIpc) is 3.75. The molecule has 0 amide bonds. The van der Waals surface area contributed by atoms with Crippen LogP contribution in [0.15, 0.2) is 180 Å². The van der Waals surface area contributed by atoms with Crippen molar-refractivity contribution in [2.45, 2.75) is 0 Å². The molecule has 0 saturated carbocycles. The van der Waals surface area contributed by atoms with Crippen molar-refractivity contribution in [3.8, 4) is 22.3 Å². The Morgan fingerprint density at radius 2 is 1.02 bits per heavy atom.